The molecule has 0 bridgehead atoms. The minimum absolute atomic E-state index is 0.113. The van der Waals surface area contributed by atoms with Gasteiger partial charge in [-0.05, 0) is 24.3 Å². The average molecular weight is 388 g/mol. The molecule has 140 valence electrons. The van der Waals surface area contributed by atoms with E-state index < -0.39 is 15.8 Å². The number of hydrogen-bond donors (Lipinski definition) is 0. The second-order valence-corrected chi connectivity index (χ2v) is 8.12. The molecule has 7 nitrogen and oxygen atoms in total. The number of nitrogens with zero attached hydrogens (tertiary/aromatic N) is 4. The normalized spacial score (nSPS) is 16.0. The molecule has 1 aliphatic heterocycles. The molecule has 0 saturated carbocycles. The molecule has 9 heteroatoms. The second-order valence-electron chi connectivity index (χ2n) is 6.22. The van der Waals surface area contributed by atoms with Gasteiger partial charge in [0.25, 0.3) is 5.91 Å². The number of pyridine rings is 1. The van der Waals surface area contributed by atoms with Gasteiger partial charge in [0, 0.05) is 32.4 Å². The number of fused-ring (bicyclic) bond motifs is 1. The van der Waals surface area contributed by atoms with E-state index in [0.29, 0.717) is 11.1 Å². The van der Waals surface area contributed by atoms with E-state index in [-0.39, 0.29) is 37.0 Å². The topological polar surface area (TPSA) is 75.0 Å². The fraction of sp³-hybridized carbons (Fsp3) is 0.222. The van der Waals surface area contributed by atoms with Gasteiger partial charge < -0.3 is 4.90 Å². The molecular formula is C18H17FN4O3S. The second kappa shape index (κ2) is 6.75. The molecule has 1 amide bonds. The molecule has 0 spiro atoms. The molecule has 1 saturated heterocycles. The molecular weight excluding hydrogens is 371 g/mol. The third-order valence-electron chi connectivity index (χ3n) is 4.64. The smallest absolute Gasteiger partial charge is 0.257 e. The van der Waals surface area contributed by atoms with Crippen molar-refractivity contribution >= 4 is 21.4 Å². The predicted molar refractivity (Wildman–Crippen MR) is 96.3 cm³/mol. The molecule has 2 aromatic heterocycles. The highest BCUT2D eigenvalue weighted by Gasteiger charge is 2.32. The minimum atomic E-state index is -3.93. The molecule has 0 N–H and O–H groups in total. The van der Waals surface area contributed by atoms with E-state index in [0.717, 1.165) is 6.07 Å². The summed E-state index contributed by atoms with van der Waals surface area (Å²) in [6, 6.07) is 10.8. The van der Waals surface area contributed by atoms with E-state index in [1.807, 2.05) is 12.1 Å². The summed E-state index contributed by atoms with van der Waals surface area (Å²) in [5, 5.41) is 4.16. The Bertz CT molecular complexity index is 1100. The van der Waals surface area contributed by atoms with Crippen LogP contribution in [0.4, 0.5) is 4.39 Å². The van der Waals surface area contributed by atoms with Crippen LogP contribution in [0.5, 0.6) is 0 Å². The number of aromatic nitrogens is 2. The first-order valence-electron chi connectivity index (χ1n) is 8.45. The number of piperazine rings is 1. The molecule has 0 unspecified atom stereocenters. The largest absolute Gasteiger partial charge is 0.336 e. The molecule has 3 heterocycles. The summed E-state index contributed by atoms with van der Waals surface area (Å²) in [6.07, 6.45) is 3.27. The Hall–Kier alpha value is -2.78. The Morgan fingerprint density at radius 2 is 1.70 bits per heavy atom. The maximum atomic E-state index is 13.9. The van der Waals surface area contributed by atoms with Crippen LogP contribution in [-0.4, -0.2) is 59.3 Å². The summed E-state index contributed by atoms with van der Waals surface area (Å²) < 4.78 is 42.0. The van der Waals surface area contributed by atoms with E-state index in [1.165, 1.54) is 28.7 Å². The standard InChI is InChI=1S/C18H17FN4O3S/c19-15-5-1-2-7-17(15)27(25,26)22-11-9-21(10-12-22)18(24)14-13-20-23-8-4-3-6-16(14)23/h1-8,13H,9-12H2. The molecule has 1 aromatic carbocycles. The monoisotopic (exact) mass is 388 g/mol. The van der Waals surface area contributed by atoms with Gasteiger partial charge in [-0.25, -0.2) is 17.3 Å². The van der Waals surface area contributed by atoms with E-state index in [1.54, 1.807) is 21.7 Å². The van der Waals surface area contributed by atoms with E-state index in [9.17, 15) is 17.6 Å². The van der Waals surface area contributed by atoms with Gasteiger partial charge in [0.2, 0.25) is 10.0 Å². The average Bonchev–Trinajstić information content (AvgIpc) is 3.12. The Morgan fingerprint density at radius 3 is 2.44 bits per heavy atom. The number of hydrogen-bond acceptors (Lipinski definition) is 4. The summed E-state index contributed by atoms with van der Waals surface area (Å²) in [5.41, 5.74) is 1.17. The summed E-state index contributed by atoms with van der Waals surface area (Å²) in [5.74, 6) is -0.971. The zero-order valence-corrected chi connectivity index (χ0v) is 15.1. The highest BCUT2D eigenvalue weighted by Crippen LogP contribution is 2.21. The Balaban J connectivity index is 1.51. The van der Waals surface area contributed by atoms with Gasteiger partial charge in [0.05, 0.1) is 17.3 Å². The number of halogens is 1. The summed E-state index contributed by atoms with van der Waals surface area (Å²) in [6.45, 7) is 0.691. The Kier molecular flexibility index (Phi) is 4.40. The fourth-order valence-electron chi connectivity index (χ4n) is 3.19. The molecule has 0 aliphatic carbocycles. The van der Waals surface area contributed by atoms with E-state index >= 15 is 0 Å². The molecule has 1 fully saturated rings. The van der Waals surface area contributed by atoms with Crippen molar-refractivity contribution in [2.75, 3.05) is 26.2 Å². The predicted octanol–water partition coefficient (Wildman–Crippen LogP) is 1.62. The minimum Gasteiger partial charge on any atom is -0.336 e. The first-order chi connectivity index (χ1) is 13.0. The van der Waals surface area contributed by atoms with Crippen molar-refractivity contribution in [3.8, 4) is 0 Å². The lowest BCUT2D eigenvalue weighted by Gasteiger charge is -2.33. The molecule has 1 aliphatic rings. The maximum absolute atomic E-state index is 13.9. The number of carbonyl (C=O) groups excluding carboxylic acids is 1. The van der Waals surface area contributed by atoms with Crippen LogP contribution >= 0.6 is 0 Å². The van der Waals surface area contributed by atoms with Gasteiger partial charge >= 0.3 is 0 Å². The van der Waals surface area contributed by atoms with Gasteiger partial charge in [-0.2, -0.15) is 9.40 Å². The summed E-state index contributed by atoms with van der Waals surface area (Å²) in [4.78, 5) is 14.1. The third-order valence-corrected chi connectivity index (χ3v) is 6.57. The van der Waals surface area contributed by atoms with Crippen LogP contribution in [0.3, 0.4) is 0 Å². The third kappa shape index (κ3) is 3.08. The maximum Gasteiger partial charge on any atom is 0.257 e. The Labute approximate surface area is 155 Å². The molecule has 3 aromatic rings. The SMILES string of the molecule is O=C(c1cnn2ccccc12)N1CCN(S(=O)(=O)c2ccccc2F)CC1. The van der Waals surface area contributed by atoms with Crippen LogP contribution in [0.1, 0.15) is 10.4 Å². The van der Waals surface area contributed by atoms with Gasteiger partial charge in [-0.3, -0.25) is 4.79 Å². The van der Waals surface area contributed by atoms with Crippen LogP contribution in [0, 0.1) is 5.82 Å². The molecule has 4 rings (SSSR count). The zero-order chi connectivity index (χ0) is 19.0. The number of benzene rings is 1. The summed E-state index contributed by atoms with van der Waals surface area (Å²) >= 11 is 0. The van der Waals surface area contributed by atoms with Crippen LogP contribution < -0.4 is 0 Å². The molecule has 27 heavy (non-hydrogen) atoms. The van der Waals surface area contributed by atoms with E-state index in [4.69, 9.17) is 0 Å². The van der Waals surface area contributed by atoms with Crippen molar-refractivity contribution < 1.29 is 17.6 Å². The zero-order valence-electron chi connectivity index (χ0n) is 14.3. The van der Waals surface area contributed by atoms with Crippen molar-refractivity contribution in [2.45, 2.75) is 4.90 Å². The van der Waals surface area contributed by atoms with Crippen molar-refractivity contribution in [2.24, 2.45) is 0 Å². The van der Waals surface area contributed by atoms with Crippen molar-refractivity contribution in [1.29, 1.82) is 0 Å². The van der Waals surface area contributed by atoms with Crippen molar-refractivity contribution in [3.05, 3.63) is 66.2 Å². The van der Waals surface area contributed by atoms with Crippen LogP contribution in [0.15, 0.2) is 59.8 Å². The van der Waals surface area contributed by atoms with E-state index in [2.05, 4.69) is 5.10 Å². The number of rotatable bonds is 3. The van der Waals surface area contributed by atoms with Crippen molar-refractivity contribution in [3.63, 3.8) is 0 Å². The van der Waals surface area contributed by atoms with Crippen LogP contribution in [-0.2, 0) is 10.0 Å². The lowest BCUT2D eigenvalue weighted by molar-refractivity contribution is 0.0699. The fourth-order valence-corrected chi connectivity index (χ4v) is 4.68. The Morgan fingerprint density at radius 1 is 1.00 bits per heavy atom. The van der Waals surface area contributed by atoms with Gasteiger partial charge in [-0.1, -0.05) is 18.2 Å². The van der Waals surface area contributed by atoms with Crippen molar-refractivity contribution in [1.82, 2.24) is 18.8 Å². The number of amides is 1. The van der Waals surface area contributed by atoms with Gasteiger partial charge in [0.1, 0.15) is 10.7 Å². The first kappa shape index (κ1) is 17.6. The van der Waals surface area contributed by atoms with Crippen LogP contribution in [0.25, 0.3) is 5.52 Å². The van der Waals surface area contributed by atoms with Gasteiger partial charge in [-0.15, -0.1) is 0 Å². The lowest BCUT2D eigenvalue weighted by atomic mass is 10.2. The lowest BCUT2D eigenvalue weighted by Crippen LogP contribution is -2.50. The highest BCUT2D eigenvalue weighted by molar-refractivity contribution is 7.89. The first-order valence-corrected chi connectivity index (χ1v) is 9.89. The number of carbonyl (C=O) groups is 1. The van der Waals surface area contributed by atoms with Gasteiger partial charge in [0.15, 0.2) is 0 Å². The molecule has 0 radical (unpaired) electrons. The molecule has 0 atom stereocenters. The highest BCUT2D eigenvalue weighted by atomic mass is 32.2. The van der Waals surface area contributed by atoms with Crippen LogP contribution in [0.2, 0.25) is 0 Å². The summed E-state index contributed by atoms with van der Waals surface area (Å²) in [7, 11) is -3.93. The number of sulfonamides is 1. The quantitative estimate of drug-likeness (QED) is 0.683.